The van der Waals surface area contributed by atoms with E-state index < -0.39 is 0 Å². The molecule has 5 aromatic rings. The van der Waals surface area contributed by atoms with E-state index in [2.05, 4.69) is 57.7 Å². The molecule has 0 atom stereocenters. The van der Waals surface area contributed by atoms with Crippen LogP contribution in [0.25, 0.3) is 27.9 Å². The van der Waals surface area contributed by atoms with E-state index in [1.54, 1.807) is 6.33 Å². The minimum Gasteiger partial charge on any atom is -0.329 e. The van der Waals surface area contributed by atoms with E-state index in [1.807, 2.05) is 29.6 Å². The molecule has 3 heterocycles. The van der Waals surface area contributed by atoms with Crippen LogP contribution in [0.15, 0.2) is 67.1 Å². The maximum absolute atomic E-state index is 6.28. The highest BCUT2D eigenvalue weighted by atomic mass is 35.5. The highest BCUT2D eigenvalue weighted by molar-refractivity contribution is 6.31. The van der Waals surface area contributed by atoms with E-state index in [-0.39, 0.29) is 0 Å². The second-order valence-electron chi connectivity index (χ2n) is 9.40. The Morgan fingerprint density at radius 1 is 1.06 bits per heavy atom. The molecule has 0 N–H and O–H groups in total. The Kier molecular flexibility index (Phi) is 3.89. The number of anilines is 2. The van der Waals surface area contributed by atoms with Gasteiger partial charge in [0.15, 0.2) is 0 Å². The van der Waals surface area contributed by atoms with Crippen molar-refractivity contribution < 1.29 is 0 Å². The molecule has 7 heteroatoms. The number of nitrogens with zero attached hydrogens (tertiary/aromatic N) is 6. The number of fused-ring (bicyclic) bond motifs is 3. The first kappa shape index (κ1) is 19.0. The first-order chi connectivity index (χ1) is 16.1. The smallest absolute Gasteiger partial charge is 0.257 e. The van der Waals surface area contributed by atoms with Crippen molar-refractivity contribution in [1.29, 1.82) is 0 Å². The third kappa shape index (κ3) is 2.80. The Morgan fingerprint density at radius 3 is 2.70 bits per heavy atom. The van der Waals surface area contributed by atoms with Crippen LogP contribution in [0.1, 0.15) is 24.8 Å². The summed E-state index contributed by atoms with van der Waals surface area (Å²) >= 11 is 6.28. The van der Waals surface area contributed by atoms with Gasteiger partial charge in [-0.05, 0) is 72.6 Å². The van der Waals surface area contributed by atoms with Crippen molar-refractivity contribution in [3.8, 4) is 11.3 Å². The zero-order chi connectivity index (χ0) is 22.2. The molecule has 0 saturated heterocycles. The summed E-state index contributed by atoms with van der Waals surface area (Å²) in [4.78, 5) is 11.7. The lowest BCUT2D eigenvalue weighted by Crippen LogP contribution is -2.55. The Bertz CT molecular complexity index is 1520. The molecule has 0 unspecified atom stereocenters. The molecule has 0 amide bonds. The van der Waals surface area contributed by atoms with Crippen molar-refractivity contribution in [2.45, 2.75) is 24.7 Å². The van der Waals surface area contributed by atoms with Crippen LogP contribution in [0, 0.1) is 5.92 Å². The Balaban J connectivity index is 1.28. The summed E-state index contributed by atoms with van der Waals surface area (Å²) in [6.45, 7) is 0. The van der Waals surface area contributed by atoms with Crippen molar-refractivity contribution in [3.05, 3.63) is 77.7 Å². The van der Waals surface area contributed by atoms with E-state index in [0.717, 1.165) is 39.6 Å². The summed E-state index contributed by atoms with van der Waals surface area (Å²) in [6, 6.07) is 18.6. The van der Waals surface area contributed by atoms with Gasteiger partial charge in [0.05, 0.1) is 11.2 Å². The van der Waals surface area contributed by atoms with Gasteiger partial charge in [0, 0.05) is 34.9 Å². The van der Waals surface area contributed by atoms with Crippen molar-refractivity contribution in [2.75, 3.05) is 11.9 Å². The zero-order valence-electron chi connectivity index (χ0n) is 18.1. The standard InChI is InChI=1S/C26H21ClN6/c1-32(24-21-7-6-19(27)10-23(21)33-15-29-31-25(33)30-24)20-4-2-3-17(9-20)22-8-5-18(14-28-22)26-11-16(12-26)13-26/h2-10,14-16H,11-13H2,1H3. The lowest BCUT2D eigenvalue weighted by atomic mass is 9.42. The molecule has 0 aliphatic heterocycles. The molecule has 162 valence electrons. The average Bonchev–Trinajstić information content (AvgIpc) is 3.26. The van der Waals surface area contributed by atoms with E-state index in [9.17, 15) is 0 Å². The van der Waals surface area contributed by atoms with Gasteiger partial charge in [-0.3, -0.25) is 9.38 Å². The summed E-state index contributed by atoms with van der Waals surface area (Å²) in [5.74, 6) is 2.30. The van der Waals surface area contributed by atoms with Gasteiger partial charge >= 0.3 is 0 Å². The molecule has 3 aromatic heterocycles. The van der Waals surface area contributed by atoms with Crippen LogP contribution in [0.5, 0.6) is 0 Å². The molecule has 6 nitrogen and oxygen atoms in total. The third-order valence-corrected chi connectivity index (χ3v) is 7.69. The number of hydrogen-bond donors (Lipinski definition) is 0. The van der Waals surface area contributed by atoms with E-state index in [1.165, 1.54) is 24.8 Å². The monoisotopic (exact) mass is 452 g/mol. The van der Waals surface area contributed by atoms with E-state index in [4.69, 9.17) is 21.6 Å². The maximum atomic E-state index is 6.28. The molecule has 33 heavy (non-hydrogen) atoms. The summed E-state index contributed by atoms with van der Waals surface area (Å²) < 4.78 is 1.85. The maximum Gasteiger partial charge on any atom is 0.257 e. The highest BCUT2D eigenvalue weighted by Gasteiger charge is 2.57. The fourth-order valence-corrected chi connectivity index (χ4v) is 5.65. The van der Waals surface area contributed by atoms with Gasteiger partial charge in [-0.1, -0.05) is 29.8 Å². The molecular formula is C26H21ClN6. The van der Waals surface area contributed by atoms with Crippen molar-refractivity contribution in [1.82, 2.24) is 24.6 Å². The Hall–Kier alpha value is -3.51. The predicted octanol–water partition coefficient (Wildman–Crippen LogP) is 5.81. The molecule has 3 saturated carbocycles. The topological polar surface area (TPSA) is 59.2 Å². The zero-order valence-corrected chi connectivity index (χ0v) is 18.9. The summed E-state index contributed by atoms with van der Waals surface area (Å²) in [5.41, 5.74) is 5.84. The van der Waals surface area contributed by atoms with Crippen molar-refractivity contribution in [3.63, 3.8) is 0 Å². The fraction of sp³-hybridized carbons (Fsp3) is 0.231. The minimum absolute atomic E-state index is 0.439. The quantitative estimate of drug-likeness (QED) is 0.344. The number of pyridine rings is 1. The van der Waals surface area contributed by atoms with E-state index in [0.29, 0.717) is 16.2 Å². The average molecular weight is 453 g/mol. The molecule has 2 bridgehead atoms. The third-order valence-electron chi connectivity index (χ3n) is 7.46. The first-order valence-corrected chi connectivity index (χ1v) is 11.6. The van der Waals surface area contributed by atoms with Crippen LogP contribution < -0.4 is 4.90 Å². The normalized spacial score (nSPS) is 21.1. The van der Waals surface area contributed by atoms with Crippen LogP contribution >= 0.6 is 11.6 Å². The first-order valence-electron chi connectivity index (χ1n) is 11.2. The molecule has 3 aliphatic rings. The van der Waals surface area contributed by atoms with Crippen LogP contribution in [-0.4, -0.2) is 31.6 Å². The summed E-state index contributed by atoms with van der Waals surface area (Å²) in [5, 5.41) is 9.82. The van der Waals surface area contributed by atoms with Gasteiger partial charge in [0.25, 0.3) is 5.78 Å². The molecule has 2 aromatic carbocycles. The van der Waals surface area contributed by atoms with E-state index >= 15 is 0 Å². The summed E-state index contributed by atoms with van der Waals surface area (Å²) in [7, 11) is 2.02. The Labute approximate surface area is 195 Å². The van der Waals surface area contributed by atoms with Gasteiger partial charge in [0.1, 0.15) is 12.1 Å². The molecule has 0 spiro atoms. The molecule has 3 fully saturated rings. The van der Waals surface area contributed by atoms with Gasteiger partial charge in [0.2, 0.25) is 0 Å². The molecule has 0 radical (unpaired) electrons. The molecule has 3 aliphatic carbocycles. The largest absolute Gasteiger partial charge is 0.329 e. The van der Waals surface area contributed by atoms with Gasteiger partial charge in [-0.2, -0.15) is 4.98 Å². The number of hydrogen-bond acceptors (Lipinski definition) is 5. The second-order valence-corrected chi connectivity index (χ2v) is 9.83. The van der Waals surface area contributed by atoms with Gasteiger partial charge < -0.3 is 4.90 Å². The van der Waals surface area contributed by atoms with Crippen LogP contribution in [0.3, 0.4) is 0 Å². The Morgan fingerprint density at radius 2 is 1.94 bits per heavy atom. The number of rotatable bonds is 4. The minimum atomic E-state index is 0.439. The molecule has 8 rings (SSSR count). The van der Waals surface area contributed by atoms with Gasteiger partial charge in [-0.15, -0.1) is 10.2 Å². The lowest BCUT2D eigenvalue weighted by molar-refractivity contribution is -0.0276. The fourth-order valence-electron chi connectivity index (χ4n) is 5.49. The predicted molar refractivity (Wildman–Crippen MR) is 130 cm³/mol. The van der Waals surface area contributed by atoms with Crippen LogP contribution in [0.4, 0.5) is 11.5 Å². The number of halogens is 1. The SMILES string of the molecule is CN(c1cccc(-c2ccc(C34CC(C3)C4)cn2)c1)c1nc2nncn2c2cc(Cl)ccc12. The lowest BCUT2D eigenvalue weighted by Gasteiger charge is -2.62. The van der Waals surface area contributed by atoms with Crippen LogP contribution in [-0.2, 0) is 5.41 Å². The van der Waals surface area contributed by atoms with Crippen LogP contribution in [0.2, 0.25) is 5.02 Å². The number of aromatic nitrogens is 5. The second kappa shape index (κ2) is 6.75. The van der Waals surface area contributed by atoms with Gasteiger partial charge in [-0.25, -0.2) is 0 Å². The van der Waals surface area contributed by atoms with Crippen molar-refractivity contribution in [2.24, 2.45) is 5.92 Å². The highest BCUT2D eigenvalue weighted by Crippen LogP contribution is 2.65. The molecular weight excluding hydrogens is 432 g/mol. The van der Waals surface area contributed by atoms with Crippen molar-refractivity contribution >= 4 is 39.8 Å². The summed E-state index contributed by atoms with van der Waals surface area (Å²) in [6.07, 6.45) is 7.78. The number of benzene rings is 2.